The summed E-state index contributed by atoms with van der Waals surface area (Å²) in [5, 5.41) is 8.32. The highest BCUT2D eigenvalue weighted by atomic mass is 35.5. The van der Waals surface area contributed by atoms with Crippen LogP contribution in [-0.2, 0) is 0 Å². The monoisotopic (exact) mass is 216 g/mol. The molecule has 0 spiro atoms. The second-order valence-corrected chi connectivity index (χ2v) is 2.70. The fourth-order valence-electron chi connectivity index (χ4n) is 0.841. The Labute approximate surface area is 82.9 Å². The molecule has 0 aliphatic heterocycles. The minimum Gasteiger partial charge on any atom is -0.296 e. The lowest BCUT2D eigenvalue weighted by atomic mass is 10.2. The van der Waals surface area contributed by atoms with Crippen LogP contribution < -0.4 is 0 Å². The number of pyridine rings is 1. The van der Waals surface area contributed by atoms with Gasteiger partial charge in [0.05, 0.1) is 10.6 Å². The van der Waals surface area contributed by atoms with Crippen molar-refractivity contribution in [2.45, 2.75) is 6.43 Å². The minimum absolute atomic E-state index is 0.181. The first-order chi connectivity index (χ1) is 6.60. The number of hydrogen-bond acceptors (Lipinski definition) is 3. The molecule has 0 radical (unpaired) electrons. The predicted molar refractivity (Wildman–Crippen MR) is 44.3 cm³/mol. The lowest BCUT2D eigenvalue weighted by Gasteiger charge is -2.02. The van der Waals surface area contributed by atoms with Crippen molar-refractivity contribution in [3.63, 3.8) is 0 Å². The fraction of sp³-hybridized carbons (Fsp3) is 0.125. The van der Waals surface area contributed by atoms with Crippen LogP contribution >= 0.6 is 11.6 Å². The Kier molecular flexibility index (Phi) is 3.10. The summed E-state index contributed by atoms with van der Waals surface area (Å²) in [5.74, 6) is 0. The summed E-state index contributed by atoms with van der Waals surface area (Å²) in [6, 6.07) is 2.46. The molecule has 0 N–H and O–H groups in total. The lowest BCUT2D eigenvalue weighted by Crippen LogP contribution is -1.98. The average molecular weight is 217 g/mol. The molecule has 0 aliphatic rings. The van der Waals surface area contributed by atoms with Gasteiger partial charge in [0, 0.05) is 0 Å². The molecule has 0 fully saturated rings. The van der Waals surface area contributed by atoms with Gasteiger partial charge in [-0.25, -0.2) is 13.8 Å². The van der Waals surface area contributed by atoms with E-state index in [1.807, 2.05) is 0 Å². The molecule has 1 rings (SSSR count). The van der Waals surface area contributed by atoms with Crippen LogP contribution in [0.2, 0.25) is 5.02 Å². The number of aldehydes is 1. The van der Waals surface area contributed by atoms with Gasteiger partial charge in [-0.05, 0) is 6.07 Å². The van der Waals surface area contributed by atoms with E-state index in [4.69, 9.17) is 16.9 Å². The summed E-state index contributed by atoms with van der Waals surface area (Å²) in [5.41, 5.74) is -1.16. The van der Waals surface area contributed by atoms with E-state index in [1.54, 1.807) is 6.07 Å². The number of nitrogens with zero attached hydrogens (tertiary/aromatic N) is 2. The van der Waals surface area contributed by atoms with Crippen LogP contribution in [0, 0.1) is 11.3 Å². The summed E-state index contributed by atoms with van der Waals surface area (Å²) >= 11 is 5.52. The number of carbonyl (C=O) groups is 1. The van der Waals surface area contributed by atoms with Crippen molar-refractivity contribution in [1.29, 1.82) is 5.26 Å². The van der Waals surface area contributed by atoms with E-state index in [2.05, 4.69) is 4.98 Å². The first-order valence-electron chi connectivity index (χ1n) is 3.44. The normalized spacial score (nSPS) is 9.93. The molecule has 0 amide bonds. The van der Waals surface area contributed by atoms with Crippen molar-refractivity contribution in [3.05, 3.63) is 28.0 Å². The van der Waals surface area contributed by atoms with Crippen molar-refractivity contribution in [3.8, 4) is 6.07 Å². The summed E-state index contributed by atoms with van der Waals surface area (Å²) in [4.78, 5) is 13.7. The van der Waals surface area contributed by atoms with E-state index >= 15 is 0 Å². The fourth-order valence-corrected chi connectivity index (χ4v) is 1.02. The van der Waals surface area contributed by atoms with Gasteiger partial charge < -0.3 is 0 Å². The maximum absolute atomic E-state index is 12.2. The van der Waals surface area contributed by atoms with Gasteiger partial charge in [-0.15, -0.1) is 0 Å². The standard InChI is InChI=1S/C8H3ClF2N2O/c9-7-4(2-12)1-5(8(10)11)13-6(7)3-14/h1,3,8H. The van der Waals surface area contributed by atoms with Gasteiger partial charge in [0.1, 0.15) is 17.5 Å². The zero-order valence-electron chi connectivity index (χ0n) is 6.67. The number of carbonyl (C=O) groups excluding carboxylic acids is 1. The van der Waals surface area contributed by atoms with Crippen LogP contribution in [0.15, 0.2) is 6.07 Å². The zero-order chi connectivity index (χ0) is 10.7. The van der Waals surface area contributed by atoms with Gasteiger partial charge in [-0.2, -0.15) is 5.26 Å². The van der Waals surface area contributed by atoms with Crippen molar-refractivity contribution >= 4 is 17.9 Å². The smallest absolute Gasteiger partial charge is 0.280 e. The maximum atomic E-state index is 12.2. The molecule has 3 nitrogen and oxygen atoms in total. The van der Waals surface area contributed by atoms with Crippen molar-refractivity contribution in [1.82, 2.24) is 4.98 Å². The molecule has 0 aromatic carbocycles. The number of nitriles is 1. The number of alkyl halides is 2. The highest BCUT2D eigenvalue weighted by Crippen LogP contribution is 2.24. The summed E-state index contributed by atoms with van der Waals surface area (Å²) in [6.07, 6.45) is -2.60. The summed E-state index contributed by atoms with van der Waals surface area (Å²) in [7, 11) is 0. The zero-order valence-corrected chi connectivity index (χ0v) is 7.42. The van der Waals surface area contributed by atoms with Crippen LogP contribution in [0.3, 0.4) is 0 Å². The molecule has 0 saturated heterocycles. The molecule has 0 bridgehead atoms. The third kappa shape index (κ3) is 1.86. The molecule has 0 atom stereocenters. The predicted octanol–water partition coefficient (Wildman–Crippen LogP) is 2.36. The molecule has 1 heterocycles. The number of halogens is 3. The Morgan fingerprint density at radius 2 is 2.29 bits per heavy atom. The van der Waals surface area contributed by atoms with Crippen LogP contribution in [0.5, 0.6) is 0 Å². The molecule has 6 heteroatoms. The Balaban J connectivity index is 3.41. The Morgan fingerprint density at radius 3 is 2.71 bits per heavy atom. The molecular weight excluding hydrogens is 214 g/mol. The third-order valence-corrected chi connectivity index (χ3v) is 1.86. The molecule has 1 aromatic rings. The molecule has 72 valence electrons. The summed E-state index contributed by atoms with van der Waals surface area (Å²) in [6.45, 7) is 0. The van der Waals surface area contributed by atoms with Crippen LogP contribution in [0.25, 0.3) is 0 Å². The number of hydrogen-bond donors (Lipinski definition) is 0. The van der Waals surface area contributed by atoms with E-state index in [1.165, 1.54) is 0 Å². The van der Waals surface area contributed by atoms with Gasteiger partial charge >= 0.3 is 0 Å². The van der Waals surface area contributed by atoms with Gasteiger partial charge in [0.25, 0.3) is 6.43 Å². The van der Waals surface area contributed by atoms with Gasteiger partial charge in [0.2, 0.25) is 0 Å². The largest absolute Gasteiger partial charge is 0.296 e. The first-order valence-corrected chi connectivity index (χ1v) is 3.81. The maximum Gasteiger partial charge on any atom is 0.280 e. The molecule has 0 aliphatic carbocycles. The van der Waals surface area contributed by atoms with E-state index in [0.29, 0.717) is 0 Å². The second kappa shape index (κ2) is 4.11. The van der Waals surface area contributed by atoms with Crippen molar-refractivity contribution < 1.29 is 13.6 Å². The number of rotatable bonds is 2. The van der Waals surface area contributed by atoms with E-state index in [-0.39, 0.29) is 22.6 Å². The van der Waals surface area contributed by atoms with Crippen molar-refractivity contribution in [2.75, 3.05) is 0 Å². The summed E-state index contributed by atoms with van der Waals surface area (Å²) < 4.78 is 24.4. The van der Waals surface area contributed by atoms with Crippen LogP contribution in [0.4, 0.5) is 8.78 Å². The van der Waals surface area contributed by atoms with Gasteiger partial charge in [-0.1, -0.05) is 11.6 Å². The highest BCUT2D eigenvalue weighted by Gasteiger charge is 2.15. The average Bonchev–Trinajstić information content (AvgIpc) is 2.17. The topological polar surface area (TPSA) is 53.8 Å². The second-order valence-electron chi connectivity index (χ2n) is 2.32. The molecule has 14 heavy (non-hydrogen) atoms. The molecule has 1 aromatic heterocycles. The lowest BCUT2D eigenvalue weighted by molar-refractivity contribution is 0.111. The first kappa shape index (κ1) is 10.5. The van der Waals surface area contributed by atoms with E-state index < -0.39 is 12.1 Å². The Hall–Kier alpha value is -1.54. The molecule has 0 unspecified atom stereocenters. The quantitative estimate of drug-likeness (QED) is 0.713. The molecular formula is C8H3ClF2N2O. The van der Waals surface area contributed by atoms with Crippen LogP contribution in [0.1, 0.15) is 28.2 Å². The highest BCUT2D eigenvalue weighted by molar-refractivity contribution is 6.33. The minimum atomic E-state index is -2.84. The number of aromatic nitrogens is 1. The third-order valence-electron chi connectivity index (χ3n) is 1.46. The Bertz CT molecular complexity index is 415. The molecule has 0 saturated carbocycles. The van der Waals surface area contributed by atoms with E-state index in [0.717, 1.165) is 6.07 Å². The Morgan fingerprint density at radius 1 is 1.64 bits per heavy atom. The SMILES string of the molecule is N#Cc1cc(C(F)F)nc(C=O)c1Cl. The van der Waals surface area contributed by atoms with Crippen molar-refractivity contribution in [2.24, 2.45) is 0 Å². The van der Waals surface area contributed by atoms with Gasteiger partial charge in [-0.3, -0.25) is 4.79 Å². The van der Waals surface area contributed by atoms with Gasteiger partial charge in [0.15, 0.2) is 6.29 Å². The van der Waals surface area contributed by atoms with E-state index in [9.17, 15) is 13.6 Å². The van der Waals surface area contributed by atoms with Crippen LogP contribution in [-0.4, -0.2) is 11.3 Å².